The molecule has 2 aliphatic rings. The lowest BCUT2D eigenvalue weighted by Gasteiger charge is -2.31. The number of carbonyl (C=O) groups is 1. The average Bonchev–Trinajstić information content (AvgIpc) is 3.17. The van der Waals surface area contributed by atoms with Crippen molar-refractivity contribution in [2.24, 2.45) is 0 Å². The minimum absolute atomic E-state index is 0.133. The Morgan fingerprint density at radius 1 is 0.931 bits per heavy atom. The first-order chi connectivity index (χ1) is 13.9. The van der Waals surface area contributed by atoms with Crippen LogP contribution in [-0.2, 0) is 16.4 Å². The second kappa shape index (κ2) is 7.80. The van der Waals surface area contributed by atoms with Crippen LogP contribution >= 0.6 is 0 Å². The molecule has 0 bridgehead atoms. The predicted octanol–water partition coefficient (Wildman–Crippen LogP) is 3.13. The molecular formula is C22H27N3O3S. The lowest BCUT2D eigenvalue weighted by Crippen LogP contribution is -2.34. The molecule has 29 heavy (non-hydrogen) atoms. The van der Waals surface area contributed by atoms with Crippen molar-refractivity contribution in [3.63, 3.8) is 0 Å². The summed E-state index contributed by atoms with van der Waals surface area (Å²) in [6.45, 7) is 2.38. The van der Waals surface area contributed by atoms with Gasteiger partial charge in [-0.1, -0.05) is 18.2 Å². The number of rotatable bonds is 4. The maximum Gasteiger partial charge on any atom is 0.260 e. The minimum Gasteiger partial charge on any atom is -0.371 e. The predicted molar refractivity (Wildman–Crippen MR) is 115 cm³/mol. The first-order valence-electron chi connectivity index (χ1n) is 10.1. The molecule has 1 fully saturated rings. The van der Waals surface area contributed by atoms with Gasteiger partial charge in [0.05, 0.1) is 10.5 Å². The molecule has 0 unspecified atom stereocenters. The van der Waals surface area contributed by atoms with Crippen LogP contribution in [0.4, 0.5) is 11.4 Å². The van der Waals surface area contributed by atoms with Gasteiger partial charge >= 0.3 is 0 Å². The molecule has 1 saturated heterocycles. The van der Waals surface area contributed by atoms with Gasteiger partial charge in [-0.3, -0.25) is 4.79 Å². The molecule has 0 N–H and O–H groups in total. The zero-order valence-electron chi connectivity index (χ0n) is 17.0. The second-order valence-electron chi connectivity index (χ2n) is 7.85. The van der Waals surface area contributed by atoms with Crippen LogP contribution in [0.2, 0.25) is 0 Å². The molecule has 2 aromatic rings. The highest BCUT2D eigenvalue weighted by molar-refractivity contribution is 7.89. The maximum absolute atomic E-state index is 13.6. The summed E-state index contributed by atoms with van der Waals surface area (Å²) in [5, 5.41) is 0. The molecule has 154 valence electrons. The van der Waals surface area contributed by atoms with Crippen molar-refractivity contribution in [2.45, 2.75) is 30.6 Å². The Morgan fingerprint density at radius 2 is 1.66 bits per heavy atom. The molecule has 6 nitrogen and oxygen atoms in total. The molecule has 0 aromatic heterocycles. The Balaban J connectivity index is 1.79. The summed E-state index contributed by atoms with van der Waals surface area (Å²) in [6, 6.07) is 12.9. The Bertz CT molecular complexity index is 1030. The maximum atomic E-state index is 13.6. The van der Waals surface area contributed by atoms with Crippen molar-refractivity contribution >= 4 is 27.3 Å². The molecule has 0 spiro atoms. The molecule has 0 radical (unpaired) electrons. The van der Waals surface area contributed by atoms with E-state index in [1.165, 1.54) is 24.8 Å². The van der Waals surface area contributed by atoms with E-state index in [1.807, 2.05) is 24.3 Å². The van der Waals surface area contributed by atoms with Crippen LogP contribution in [0.5, 0.6) is 0 Å². The van der Waals surface area contributed by atoms with Crippen LogP contribution < -0.4 is 9.80 Å². The smallest absolute Gasteiger partial charge is 0.260 e. The Morgan fingerprint density at radius 3 is 2.38 bits per heavy atom. The zero-order chi connectivity index (χ0) is 20.6. The summed E-state index contributed by atoms with van der Waals surface area (Å²) in [7, 11) is -0.608. The molecule has 0 saturated carbocycles. The number of amides is 1. The van der Waals surface area contributed by atoms with Crippen LogP contribution in [0.3, 0.4) is 0 Å². The number of fused-ring (bicyclic) bond motifs is 1. The summed E-state index contributed by atoms with van der Waals surface area (Å²) >= 11 is 0. The van der Waals surface area contributed by atoms with E-state index in [4.69, 9.17) is 0 Å². The van der Waals surface area contributed by atoms with E-state index in [9.17, 15) is 13.2 Å². The SMILES string of the molecule is CN(C)S(=O)(=O)c1ccc(N2CCCCC2)c(C(=O)N2CCc3ccccc32)c1. The summed E-state index contributed by atoms with van der Waals surface area (Å²) in [6.07, 6.45) is 4.17. The Labute approximate surface area is 172 Å². The summed E-state index contributed by atoms with van der Waals surface area (Å²) in [5.41, 5.74) is 3.36. The molecule has 0 aliphatic carbocycles. The van der Waals surface area contributed by atoms with E-state index in [0.717, 1.165) is 49.3 Å². The van der Waals surface area contributed by atoms with E-state index < -0.39 is 10.0 Å². The third-order valence-corrected chi connectivity index (χ3v) is 7.62. The van der Waals surface area contributed by atoms with Crippen LogP contribution in [0.1, 0.15) is 35.2 Å². The number of hydrogen-bond acceptors (Lipinski definition) is 4. The lowest BCUT2D eigenvalue weighted by molar-refractivity contribution is 0.0989. The van der Waals surface area contributed by atoms with Crippen molar-refractivity contribution < 1.29 is 13.2 Å². The van der Waals surface area contributed by atoms with Crippen LogP contribution in [0.15, 0.2) is 47.4 Å². The molecular weight excluding hydrogens is 386 g/mol. The van der Waals surface area contributed by atoms with Gasteiger partial charge in [-0.05, 0) is 55.5 Å². The summed E-state index contributed by atoms with van der Waals surface area (Å²) < 4.78 is 26.6. The molecule has 2 aromatic carbocycles. The van der Waals surface area contributed by atoms with Crippen molar-refractivity contribution in [2.75, 3.05) is 43.5 Å². The quantitative estimate of drug-likeness (QED) is 0.773. The highest BCUT2D eigenvalue weighted by Gasteiger charge is 2.30. The average molecular weight is 414 g/mol. The van der Waals surface area contributed by atoms with Crippen LogP contribution in [-0.4, -0.2) is 52.4 Å². The fourth-order valence-corrected chi connectivity index (χ4v) is 5.09. The number of benzene rings is 2. The van der Waals surface area contributed by atoms with Crippen molar-refractivity contribution in [3.05, 3.63) is 53.6 Å². The molecule has 7 heteroatoms. The van der Waals surface area contributed by atoms with Crippen molar-refractivity contribution in [1.29, 1.82) is 0 Å². The topological polar surface area (TPSA) is 60.9 Å². The number of hydrogen-bond donors (Lipinski definition) is 0. The summed E-state index contributed by atoms with van der Waals surface area (Å²) in [5.74, 6) is -0.133. The fourth-order valence-electron chi connectivity index (χ4n) is 4.16. The van der Waals surface area contributed by atoms with Gasteiger partial charge in [0.15, 0.2) is 0 Å². The Hall–Kier alpha value is -2.38. The fraction of sp³-hybridized carbons (Fsp3) is 0.409. The van der Waals surface area contributed by atoms with Crippen molar-refractivity contribution in [3.8, 4) is 0 Å². The van der Waals surface area contributed by atoms with Gasteiger partial charge in [0.2, 0.25) is 10.0 Å². The molecule has 2 heterocycles. The second-order valence-corrected chi connectivity index (χ2v) is 10.0. The van der Waals surface area contributed by atoms with Gasteiger partial charge in [0, 0.05) is 45.1 Å². The molecule has 1 amide bonds. The summed E-state index contributed by atoms with van der Waals surface area (Å²) in [4.78, 5) is 17.8. The standard InChI is InChI=1S/C22H27N3O3S/c1-23(2)29(27,28)18-10-11-21(24-13-6-3-7-14-24)19(16-18)22(26)25-15-12-17-8-4-5-9-20(17)25/h4-5,8-11,16H,3,6-7,12-15H2,1-2H3. The van der Waals surface area contributed by atoms with Crippen LogP contribution in [0.25, 0.3) is 0 Å². The number of anilines is 2. The first kappa shape index (κ1) is 19.9. The lowest BCUT2D eigenvalue weighted by atomic mass is 10.1. The third-order valence-electron chi connectivity index (χ3n) is 5.81. The molecule has 4 rings (SSSR count). The van der Waals surface area contributed by atoms with Gasteiger partial charge in [-0.2, -0.15) is 0 Å². The number of carbonyl (C=O) groups excluding carboxylic acids is 1. The van der Waals surface area contributed by atoms with E-state index >= 15 is 0 Å². The number of piperidine rings is 1. The van der Waals surface area contributed by atoms with E-state index in [2.05, 4.69) is 4.90 Å². The first-order valence-corrected chi connectivity index (χ1v) is 11.5. The van der Waals surface area contributed by atoms with Gasteiger partial charge in [-0.25, -0.2) is 12.7 Å². The number of nitrogens with zero attached hydrogens (tertiary/aromatic N) is 3. The minimum atomic E-state index is -3.62. The largest absolute Gasteiger partial charge is 0.371 e. The van der Waals surface area contributed by atoms with E-state index in [0.29, 0.717) is 12.1 Å². The van der Waals surface area contributed by atoms with Gasteiger partial charge in [0.25, 0.3) is 5.91 Å². The molecule has 2 aliphatic heterocycles. The van der Waals surface area contributed by atoms with Gasteiger partial charge in [-0.15, -0.1) is 0 Å². The number of sulfonamides is 1. The zero-order valence-corrected chi connectivity index (χ0v) is 17.8. The van der Waals surface area contributed by atoms with Crippen molar-refractivity contribution in [1.82, 2.24) is 4.31 Å². The highest BCUT2D eigenvalue weighted by Crippen LogP contribution is 2.33. The van der Waals surface area contributed by atoms with E-state index in [-0.39, 0.29) is 10.8 Å². The van der Waals surface area contributed by atoms with Gasteiger partial charge < -0.3 is 9.80 Å². The number of para-hydroxylation sites is 1. The monoisotopic (exact) mass is 413 g/mol. The Kier molecular flexibility index (Phi) is 5.36. The normalized spacial score (nSPS) is 16.9. The highest BCUT2D eigenvalue weighted by atomic mass is 32.2. The van der Waals surface area contributed by atoms with E-state index in [1.54, 1.807) is 23.1 Å². The molecule has 0 atom stereocenters. The third kappa shape index (κ3) is 3.65. The van der Waals surface area contributed by atoms with Gasteiger partial charge in [0.1, 0.15) is 0 Å². The van der Waals surface area contributed by atoms with Crippen LogP contribution in [0, 0.1) is 0 Å².